The first-order valence-corrected chi connectivity index (χ1v) is 14.3. The zero-order valence-corrected chi connectivity index (χ0v) is 21.2. The molecule has 0 unspecified atom stereocenters. The summed E-state index contributed by atoms with van der Waals surface area (Å²) < 4.78 is 13.4. The molecular weight excluding hydrogens is 419 g/mol. The molecule has 3 aromatic rings. The maximum atomic E-state index is 6.70. The highest BCUT2D eigenvalue weighted by molar-refractivity contribution is 7.09. The molecule has 0 N–H and O–H groups in total. The van der Waals surface area contributed by atoms with Gasteiger partial charge in [-0.1, -0.05) is 103 Å². The lowest BCUT2D eigenvalue weighted by molar-refractivity contribution is 0.00578. The van der Waals surface area contributed by atoms with Crippen molar-refractivity contribution in [2.75, 3.05) is 0 Å². The quantitative estimate of drug-likeness (QED) is 0.475. The number of benzene rings is 3. The first-order chi connectivity index (χ1) is 15.9. The van der Waals surface area contributed by atoms with E-state index in [4.69, 9.17) is 9.31 Å². The van der Waals surface area contributed by atoms with Crippen LogP contribution in [0, 0.1) is 0 Å². The fraction of sp³-hybridized carbons (Fsp3) is 0.310. The van der Waals surface area contributed by atoms with Gasteiger partial charge < -0.3 is 9.31 Å². The van der Waals surface area contributed by atoms with E-state index in [0.717, 1.165) is 6.42 Å². The number of hydrogen-bond acceptors (Lipinski definition) is 2. The van der Waals surface area contributed by atoms with Crippen LogP contribution in [0.1, 0.15) is 46.1 Å². The molecule has 0 bridgehead atoms. The van der Waals surface area contributed by atoms with Crippen molar-refractivity contribution < 1.29 is 9.31 Å². The van der Waals surface area contributed by atoms with Crippen LogP contribution in [0.4, 0.5) is 0 Å². The Morgan fingerprint density at radius 3 is 1.64 bits per heavy atom. The van der Waals surface area contributed by atoms with E-state index in [1.54, 1.807) is 5.20 Å². The number of hydrogen-bond donors (Lipinski definition) is 0. The van der Waals surface area contributed by atoms with E-state index >= 15 is 0 Å². The summed E-state index contributed by atoms with van der Waals surface area (Å²) >= 11 is 0. The van der Waals surface area contributed by atoms with Gasteiger partial charge in [-0.05, 0) is 61.6 Å². The lowest BCUT2D eigenvalue weighted by Gasteiger charge is -2.33. The van der Waals surface area contributed by atoms with Gasteiger partial charge in [0.2, 0.25) is 0 Å². The van der Waals surface area contributed by atoms with Gasteiger partial charge in [0.1, 0.15) is 8.07 Å². The molecule has 168 valence electrons. The Labute approximate surface area is 199 Å². The number of rotatable bonds is 4. The maximum Gasteiger partial charge on any atom is 0.495 e. The van der Waals surface area contributed by atoms with Crippen molar-refractivity contribution in [2.45, 2.75) is 57.8 Å². The van der Waals surface area contributed by atoms with Gasteiger partial charge in [0, 0.05) is 0 Å². The summed E-state index contributed by atoms with van der Waals surface area (Å²) in [5, 5.41) is 4.52. The summed E-state index contributed by atoms with van der Waals surface area (Å²) in [4.78, 5) is 0. The van der Waals surface area contributed by atoms with Crippen LogP contribution in [-0.4, -0.2) is 26.4 Å². The third-order valence-electron chi connectivity index (χ3n) is 7.93. The molecule has 0 atom stereocenters. The Morgan fingerprint density at radius 2 is 1.15 bits per heavy atom. The maximum absolute atomic E-state index is 6.70. The highest BCUT2D eigenvalue weighted by Gasteiger charge is 2.55. The predicted octanol–water partition coefficient (Wildman–Crippen LogP) is 5.67. The van der Waals surface area contributed by atoms with Gasteiger partial charge in [-0.15, -0.1) is 0 Å². The van der Waals surface area contributed by atoms with Crippen molar-refractivity contribution in [3.8, 4) is 0 Å². The fourth-order valence-electron chi connectivity index (χ4n) is 5.54. The molecule has 0 spiro atoms. The molecule has 0 aromatic heterocycles. The van der Waals surface area contributed by atoms with Crippen molar-refractivity contribution in [1.29, 1.82) is 0 Å². The molecule has 0 radical (unpaired) electrons. The molecule has 0 amide bonds. The van der Waals surface area contributed by atoms with E-state index < -0.39 is 8.07 Å². The van der Waals surface area contributed by atoms with Gasteiger partial charge in [-0.3, -0.25) is 0 Å². The highest BCUT2D eigenvalue weighted by Crippen LogP contribution is 2.45. The second-order valence-corrected chi connectivity index (χ2v) is 14.4. The SMILES string of the molecule is CC1(C)OB(/C(=C2\CCC[Si]2(c2ccccc2)c2ccccc2)c2ccccc2)OC1(C)C. The lowest BCUT2D eigenvalue weighted by Crippen LogP contribution is -2.58. The first kappa shape index (κ1) is 22.4. The van der Waals surface area contributed by atoms with Crippen molar-refractivity contribution in [3.05, 3.63) is 102 Å². The molecule has 2 heterocycles. The van der Waals surface area contributed by atoms with Gasteiger partial charge >= 0.3 is 7.12 Å². The van der Waals surface area contributed by atoms with Crippen LogP contribution in [0.5, 0.6) is 0 Å². The average Bonchev–Trinajstić information content (AvgIpc) is 3.34. The molecule has 2 aliphatic heterocycles. The van der Waals surface area contributed by atoms with Gasteiger partial charge in [-0.25, -0.2) is 0 Å². The first-order valence-electron chi connectivity index (χ1n) is 12.1. The Kier molecular flexibility index (Phi) is 5.72. The largest absolute Gasteiger partial charge is 0.495 e. The highest BCUT2D eigenvalue weighted by atomic mass is 28.3. The standard InChI is InChI=1S/C29H33BO2Si/c1-28(2)29(3,4)32-30(31-28)27(23-15-8-5-9-16-23)26-21-14-22-33(26,24-17-10-6-11-18-24)25-19-12-7-13-20-25/h5-13,15-20H,14,21-22H2,1-4H3/b27-26+. The van der Waals surface area contributed by atoms with Crippen LogP contribution < -0.4 is 10.4 Å². The second-order valence-electron chi connectivity index (χ2n) is 10.3. The summed E-state index contributed by atoms with van der Waals surface area (Å²) in [7, 11) is -2.57. The van der Waals surface area contributed by atoms with Crippen molar-refractivity contribution >= 4 is 31.0 Å². The minimum atomic E-state index is -2.20. The van der Waals surface area contributed by atoms with Crippen LogP contribution in [0.2, 0.25) is 6.04 Å². The average molecular weight is 452 g/mol. The minimum absolute atomic E-state index is 0.371. The summed E-state index contributed by atoms with van der Waals surface area (Å²) in [6.07, 6.45) is 2.28. The van der Waals surface area contributed by atoms with Gasteiger partial charge in [0.15, 0.2) is 0 Å². The third-order valence-corrected chi connectivity index (χ3v) is 13.2. The Morgan fingerprint density at radius 1 is 0.697 bits per heavy atom. The van der Waals surface area contributed by atoms with Crippen molar-refractivity contribution in [3.63, 3.8) is 0 Å². The van der Waals surface area contributed by atoms with Crippen molar-refractivity contribution in [1.82, 2.24) is 0 Å². The van der Waals surface area contributed by atoms with E-state index in [0.29, 0.717) is 0 Å². The van der Waals surface area contributed by atoms with Gasteiger partial charge in [0.25, 0.3) is 0 Å². The van der Waals surface area contributed by atoms with E-state index in [1.165, 1.54) is 33.9 Å². The monoisotopic (exact) mass is 452 g/mol. The van der Waals surface area contributed by atoms with Crippen LogP contribution in [-0.2, 0) is 9.31 Å². The third kappa shape index (κ3) is 3.74. The Hall–Kier alpha value is -2.40. The Bertz CT molecular complexity index is 1080. The Balaban J connectivity index is 1.80. The van der Waals surface area contributed by atoms with Crippen LogP contribution in [0.15, 0.2) is 96.2 Å². The molecule has 0 saturated carbocycles. The van der Waals surface area contributed by atoms with E-state index in [9.17, 15) is 0 Å². The van der Waals surface area contributed by atoms with Gasteiger partial charge in [0.05, 0.1) is 11.2 Å². The molecule has 0 aliphatic carbocycles. The van der Waals surface area contributed by atoms with E-state index in [2.05, 4.69) is 119 Å². The fourth-order valence-corrected chi connectivity index (χ4v) is 11.0. The smallest absolute Gasteiger partial charge is 0.399 e. The summed E-state index contributed by atoms with van der Waals surface area (Å²) in [5.41, 5.74) is 1.73. The van der Waals surface area contributed by atoms with Gasteiger partial charge in [-0.2, -0.15) is 0 Å². The second kappa shape index (κ2) is 8.43. The molecule has 4 heteroatoms. The molecule has 2 fully saturated rings. The normalized spacial score (nSPS) is 22.4. The molecule has 2 nitrogen and oxygen atoms in total. The molecule has 33 heavy (non-hydrogen) atoms. The predicted molar refractivity (Wildman–Crippen MR) is 141 cm³/mol. The lowest BCUT2D eigenvalue weighted by atomic mass is 9.73. The van der Waals surface area contributed by atoms with E-state index in [1.807, 2.05) is 0 Å². The summed E-state index contributed by atoms with van der Waals surface area (Å²) in [5.74, 6) is 0. The molecular formula is C29H33BO2Si. The summed E-state index contributed by atoms with van der Waals surface area (Å²) in [6, 6.07) is 34.4. The molecule has 2 saturated heterocycles. The molecule has 2 aliphatic rings. The van der Waals surface area contributed by atoms with E-state index in [-0.39, 0.29) is 18.3 Å². The summed E-state index contributed by atoms with van der Waals surface area (Å²) in [6.45, 7) is 8.59. The zero-order valence-electron chi connectivity index (χ0n) is 20.2. The van der Waals surface area contributed by atoms with Crippen LogP contribution in [0.3, 0.4) is 0 Å². The van der Waals surface area contributed by atoms with Crippen molar-refractivity contribution in [2.24, 2.45) is 0 Å². The van der Waals surface area contributed by atoms with Crippen LogP contribution in [0.25, 0.3) is 5.47 Å². The number of allylic oxidation sites excluding steroid dienone is 1. The van der Waals surface area contributed by atoms with Crippen LogP contribution >= 0.6 is 0 Å². The molecule has 5 rings (SSSR count). The minimum Gasteiger partial charge on any atom is -0.399 e. The molecule has 3 aromatic carbocycles. The zero-order chi connectivity index (χ0) is 23.1. The topological polar surface area (TPSA) is 18.5 Å².